The third kappa shape index (κ3) is 11.2. The number of methoxy groups -OCH3 is 1. The molecule has 2 rings (SSSR count). The molecule has 0 N–H and O–H groups in total. The van der Waals surface area contributed by atoms with Crippen LogP contribution in [0.15, 0.2) is 48.5 Å². The molecule has 0 saturated carbocycles. The summed E-state index contributed by atoms with van der Waals surface area (Å²) in [5, 5.41) is 0.392. The fourth-order valence-corrected chi connectivity index (χ4v) is 5.40. The van der Waals surface area contributed by atoms with Crippen molar-refractivity contribution in [1.29, 1.82) is 0 Å². The van der Waals surface area contributed by atoms with Gasteiger partial charge in [-0.25, -0.2) is 0 Å². The second-order valence-corrected chi connectivity index (χ2v) is 23.4. The zero-order chi connectivity index (χ0) is 30.9. The van der Waals surface area contributed by atoms with Crippen molar-refractivity contribution >= 4 is 28.9 Å². The van der Waals surface area contributed by atoms with Crippen LogP contribution in [0.1, 0.15) is 66.5 Å². The molecule has 0 aliphatic heterocycles. The van der Waals surface area contributed by atoms with E-state index in [9.17, 15) is 9.59 Å². The topological polar surface area (TPSA) is 61.8 Å². The molecule has 0 amide bonds. The molecule has 40 heavy (non-hydrogen) atoms. The summed E-state index contributed by atoms with van der Waals surface area (Å²) < 4.78 is 17.2. The first-order chi connectivity index (χ1) is 18.2. The third-order valence-corrected chi connectivity index (χ3v) is 16.9. The molecule has 0 aliphatic rings. The van der Waals surface area contributed by atoms with E-state index < -0.39 is 16.6 Å². The molecule has 5 nitrogen and oxygen atoms in total. The van der Waals surface area contributed by atoms with Gasteiger partial charge in [0.15, 0.2) is 0 Å². The van der Waals surface area contributed by atoms with Gasteiger partial charge in [0, 0.05) is 5.92 Å². The number of ether oxygens (including phenoxy) is 1. The van der Waals surface area contributed by atoms with E-state index in [2.05, 4.69) is 79.9 Å². The predicted molar refractivity (Wildman–Crippen MR) is 172 cm³/mol. The SMILES string of the molecule is CC(C=O)Cc1ccc(O[Si](C)(C)C(C)(C)C)cc1.COC(=O)C(C)Cc1ccc(O[Si](C)(C)C(C)(C)C)cc1. The molecule has 2 atom stereocenters. The van der Waals surface area contributed by atoms with E-state index in [1.54, 1.807) is 0 Å². The highest BCUT2D eigenvalue weighted by Gasteiger charge is 2.39. The van der Waals surface area contributed by atoms with Crippen molar-refractivity contribution in [1.82, 2.24) is 0 Å². The second kappa shape index (κ2) is 14.5. The first-order valence-electron chi connectivity index (χ1n) is 14.3. The molecule has 0 heterocycles. The maximum atomic E-state index is 11.4. The Morgan fingerprint density at radius 2 is 1.07 bits per heavy atom. The summed E-state index contributed by atoms with van der Waals surface area (Å²) in [6.45, 7) is 26.2. The van der Waals surface area contributed by atoms with Gasteiger partial charge in [0.1, 0.15) is 17.8 Å². The van der Waals surface area contributed by atoms with Crippen molar-refractivity contribution < 1.29 is 23.2 Å². The molecule has 224 valence electrons. The Bertz CT molecular complexity index is 1060. The quantitative estimate of drug-likeness (QED) is 0.158. The lowest BCUT2D eigenvalue weighted by molar-refractivity contribution is -0.144. The number of carbonyl (C=O) groups is 2. The predicted octanol–water partition coefficient (Wildman–Crippen LogP) is 8.87. The maximum Gasteiger partial charge on any atom is 0.308 e. The maximum absolute atomic E-state index is 11.4. The summed E-state index contributed by atoms with van der Waals surface area (Å²) in [7, 11) is -2.13. The van der Waals surface area contributed by atoms with Crippen LogP contribution in [0.3, 0.4) is 0 Å². The van der Waals surface area contributed by atoms with Crippen LogP contribution in [0.4, 0.5) is 0 Å². The lowest BCUT2D eigenvalue weighted by Gasteiger charge is -2.36. The van der Waals surface area contributed by atoms with Crippen LogP contribution < -0.4 is 8.85 Å². The molecular formula is C33H54O5Si2. The number of rotatable bonds is 10. The lowest BCUT2D eigenvalue weighted by Crippen LogP contribution is -2.43. The summed E-state index contributed by atoms with van der Waals surface area (Å²) in [5.74, 6) is 1.64. The molecule has 0 aliphatic carbocycles. The summed E-state index contributed by atoms with van der Waals surface area (Å²) in [6, 6.07) is 16.2. The monoisotopic (exact) mass is 586 g/mol. The lowest BCUT2D eigenvalue weighted by atomic mass is 10.0. The summed E-state index contributed by atoms with van der Waals surface area (Å²) in [4.78, 5) is 22.1. The Hall–Kier alpha value is -2.39. The molecule has 0 saturated heterocycles. The van der Waals surface area contributed by atoms with Crippen molar-refractivity contribution in [3.63, 3.8) is 0 Å². The normalized spacial score (nSPS) is 13.8. The van der Waals surface area contributed by atoms with Crippen LogP contribution >= 0.6 is 0 Å². The minimum atomic E-state index is -1.79. The van der Waals surface area contributed by atoms with Crippen molar-refractivity contribution in [2.24, 2.45) is 11.8 Å². The fourth-order valence-electron chi connectivity index (χ4n) is 3.34. The van der Waals surface area contributed by atoms with Gasteiger partial charge in [-0.2, -0.15) is 0 Å². The molecule has 0 bridgehead atoms. The first-order valence-corrected chi connectivity index (χ1v) is 20.1. The molecule has 0 spiro atoms. The van der Waals surface area contributed by atoms with Crippen LogP contribution in [0.5, 0.6) is 11.5 Å². The van der Waals surface area contributed by atoms with Gasteiger partial charge in [0.05, 0.1) is 13.0 Å². The molecule has 7 heteroatoms. The number of carbonyl (C=O) groups excluding carboxylic acids is 2. The number of hydrogen-bond donors (Lipinski definition) is 0. The second-order valence-electron chi connectivity index (χ2n) is 14.0. The van der Waals surface area contributed by atoms with Crippen molar-refractivity contribution in [2.75, 3.05) is 7.11 Å². The Morgan fingerprint density at radius 3 is 1.38 bits per heavy atom. The highest BCUT2D eigenvalue weighted by molar-refractivity contribution is 6.75. The van der Waals surface area contributed by atoms with Crippen LogP contribution in [-0.2, 0) is 27.2 Å². The molecular weight excluding hydrogens is 533 g/mol. The number of hydrogen-bond acceptors (Lipinski definition) is 5. The van der Waals surface area contributed by atoms with Crippen LogP contribution in [-0.4, -0.2) is 36.0 Å². The molecule has 2 aromatic carbocycles. The van der Waals surface area contributed by atoms with Gasteiger partial charge in [-0.15, -0.1) is 0 Å². The fraction of sp³-hybridized carbons (Fsp3) is 0.576. The van der Waals surface area contributed by atoms with Crippen LogP contribution in [0.25, 0.3) is 0 Å². The van der Waals surface area contributed by atoms with Crippen molar-refractivity contribution in [3.05, 3.63) is 59.7 Å². The zero-order valence-corrected chi connectivity index (χ0v) is 29.3. The van der Waals surface area contributed by atoms with Gasteiger partial charge in [-0.05, 0) is 84.5 Å². The highest BCUT2D eigenvalue weighted by Crippen LogP contribution is 2.38. The Labute approximate surface area is 246 Å². The summed E-state index contributed by atoms with van der Waals surface area (Å²) >= 11 is 0. The minimum Gasteiger partial charge on any atom is -0.544 e. The highest BCUT2D eigenvalue weighted by atomic mass is 28.4. The Morgan fingerprint density at radius 1 is 0.725 bits per heavy atom. The smallest absolute Gasteiger partial charge is 0.308 e. The third-order valence-electron chi connectivity index (χ3n) is 8.14. The van der Waals surface area contributed by atoms with E-state index in [1.165, 1.54) is 12.7 Å². The Balaban J connectivity index is 0.000000402. The average Bonchev–Trinajstić information content (AvgIpc) is 2.84. The standard InChI is InChI=1S/C17H28O3Si.C16H26O2Si/c1-13(16(18)19-5)12-14-8-10-15(11-9-14)20-21(6,7)17(2,3)4;1-13(12-17)11-14-7-9-15(10-8-14)18-19(5,6)16(2,3)4/h8-11,13H,12H2,1-7H3;7-10,12-13H,11H2,1-6H3. The van der Waals surface area contributed by atoms with E-state index in [4.69, 9.17) is 13.6 Å². The van der Waals surface area contributed by atoms with Gasteiger partial charge in [-0.3, -0.25) is 4.79 Å². The zero-order valence-electron chi connectivity index (χ0n) is 27.3. The number of esters is 1. The molecule has 0 aromatic heterocycles. The molecule has 2 unspecified atom stereocenters. The van der Waals surface area contributed by atoms with Gasteiger partial charge < -0.3 is 18.4 Å². The van der Waals surface area contributed by atoms with E-state index in [0.29, 0.717) is 6.42 Å². The molecule has 2 aromatic rings. The first kappa shape index (κ1) is 35.6. The van der Waals surface area contributed by atoms with Crippen molar-refractivity contribution in [3.8, 4) is 11.5 Å². The largest absolute Gasteiger partial charge is 0.544 e. The minimum absolute atomic E-state index is 0.0761. The summed E-state index contributed by atoms with van der Waals surface area (Å²) in [5.41, 5.74) is 2.30. The van der Waals surface area contributed by atoms with E-state index in [-0.39, 0.29) is 27.9 Å². The van der Waals surface area contributed by atoms with E-state index in [1.807, 2.05) is 50.2 Å². The Kier molecular flexibility index (Phi) is 12.9. The van der Waals surface area contributed by atoms with Crippen LogP contribution in [0.2, 0.25) is 36.3 Å². The summed E-state index contributed by atoms with van der Waals surface area (Å²) in [6.07, 6.45) is 2.48. The molecule has 0 radical (unpaired) electrons. The van der Waals surface area contributed by atoms with E-state index in [0.717, 1.165) is 29.8 Å². The van der Waals surface area contributed by atoms with E-state index >= 15 is 0 Å². The average molecular weight is 587 g/mol. The van der Waals surface area contributed by atoms with Crippen molar-refractivity contribution in [2.45, 2.75) is 104 Å². The number of benzene rings is 2. The number of aldehydes is 1. The van der Waals surface area contributed by atoms with Gasteiger partial charge in [0.2, 0.25) is 16.6 Å². The van der Waals surface area contributed by atoms with Crippen LogP contribution in [0, 0.1) is 11.8 Å². The van der Waals surface area contributed by atoms with Gasteiger partial charge in [-0.1, -0.05) is 79.7 Å². The van der Waals surface area contributed by atoms with Gasteiger partial charge >= 0.3 is 5.97 Å². The van der Waals surface area contributed by atoms with Gasteiger partial charge in [0.25, 0.3) is 0 Å². The molecule has 0 fully saturated rings.